The van der Waals surface area contributed by atoms with E-state index in [2.05, 4.69) is 4.74 Å². The molecule has 0 amide bonds. The molecule has 1 aromatic carbocycles. The minimum absolute atomic E-state index is 0.0591. The van der Waals surface area contributed by atoms with Crippen molar-refractivity contribution in [3.05, 3.63) is 29.8 Å². The van der Waals surface area contributed by atoms with E-state index in [1.54, 1.807) is 12.1 Å². The van der Waals surface area contributed by atoms with E-state index in [-0.39, 0.29) is 19.3 Å². The van der Waals surface area contributed by atoms with Gasteiger partial charge in [0.15, 0.2) is 0 Å². The van der Waals surface area contributed by atoms with Crippen LogP contribution in [0.1, 0.15) is 24.9 Å². The second kappa shape index (κ2) is 7.35. The average molecular weight is 277 g/mol. The maximum Gasteiger partial charge on any atom is 0.411 e. The molecule has 0 aliphatic carbocycles. The van der Waals surface area contributed by atoms with Gasteiger partial charge in [0, 0.05) is 11.6 Å². The van der Waals surface area contributed by atoms with E-state index in [9.17, 15) is 13.2 Å². The molecule has 6 heteroatoms. The van der Waals surface area contributed by atoms with E-state index in [1.165, 1.54) is 0 Å². The molecular weight excluding hydrogens is 259 g/mol. The Labute approximate surface area is 110 Å². The second-order valence-corrected chi connectivity index (χ2v) is 4.07. The summed E-state index contributed by atoms with van der Waals surface area (Å²) in [5.74, 6) is 0.590. The fourth-order valence-electron chi connectivity index (χ4n) is 1.54. The fourth-order valence-corrected chi connectivity index (χ4v) is 1.54. The largest absolute Gasteiger partial charge is 0.491 e. The summed E-state index contributed by atoms with van der Waals surface area (Å²) in [6.45, 7) is 0.638. The first-order valence-electron chi connectivity index (χ1n) is 6.06. The van der Waals surface area contributed by atoms with E-state index < -0.39 is 12.8 Å². The van der Waals surface area contributed by atoms with Gasteiger partial charge in [0.05, 0.1) is 6.61 Å². The molecule has 1 atom stereocenters. The molecule has 0 spiro atoms. The van der Waals surface area contributed by atoms with Crippen molar-refractivity contribution in [2.45, 2.75) is 25.6 Å². The Balaban J connectivity index is 2.41. The molecule has 0 aromatic heterocycles. The highest BCUT2D eigenvalue weighted by Gasteiger charge is 2.27. The van der Waals surface area contributed by atoms with Crippen LogP contribution in [0.15, 0.2) is 24.3 Å². The Hall–Kier alpha value is -1.27. The Morgan fingerprint density at radius 2 is 1.89 bits per heavy atom. The summed E-state index contributed by atoms with van der Waals surface area (Å²) >= 11 is 0. The van der Waals surface area contributed by atoms with Crippen LogP contribution < -0.4 is 10.5 Å². The number of hydrogen-bond acceptors (Lipinski definition) is 3. The third-order valence-corrected chi connectivity index (χ3v) is 2.51. The third-order valence-electron chi connectivity index (χ3n) is 2.51. The topological polar surface area (TPSA) is 44.5 Å². The van der Waals surface area contributed by atoms with Gasteiger partial charge in [-0.3, -0.25) is 0 Å². The third kappa shape index (κ3) is 5.94. The Kier molecular flexibility index (Phi) is 6.11. The smallest absolute Gasteiger partial charge is 0.411 e. The van der Waals surface area contributed by atoms with Crippen molar-refractivity contribution >= 4 is 0 Å². The van der Waals surface area contributed by atoms with Crippen LogP contribution in [0.4, 0.5) is 13.2 Å². The number of para-hydroxylation sites is 1. The molecule has 1 rings (SSSR count). The summed E-state index contributed by atoms with van der Waals surface area (Å²) in [6.07, 6.45) is -3.55. The lowest BCUT2D eigenvalue weighted by Gasteiger charge is -2.15. The van der Waals surface area contributed by atoms with Gasteiger partial charge >= 0.3 is 6.18 Å². The van der Waals surface area contributed by atoms with Crippen LogP contribution in [0, 0.1) is 0 Å². The van der Waals surface area contributed by atoms with Gasteiger partial charge in [0.25, 0.3) is 0 Å². The predicted octanol–water partition coefficient (Wildman–Crippen LogP) is 3.05. The van der Waals surface area contributed by atoms with Gasteiger partial charge in [-0.15, -0.1) is 0 Å². The van der Waals surface area contributed by atoms with Gasteiger partial charge in [-0.2, -0.15) is 13.2 Å². The Morgan fingerprint density at radius 1 is 1.21 bits per heavy atom. The zero-order valence-electron chi connectivity index (χ0n) is 10.7. The number of benzene rings is 1. The Bertz CT molecular complexity index is 382. The lowest BCUT2D eigenvalue weighted by atomic mass is 10.0. The summed E-state index contributed by atoms with van der Waals surface area (Å²) in [7, 11) is 0. The monoisotopic (exact) mass is 277 g/mol. The highest BCUT2D eigenvalue weighted by molar-refractivity contribution is 5.35. The molecule has 2 N–H and O–H groups in total. The number of alkyl halides is 3. The van der Waals surface area contributed by atoms with Gasteiger partial charge in [-0.1, -0.05) is 25.1 Å². The lowest BCUT2D eigenvalue weighted by Crippen LogP contribution is -2.20. The van der Waals surface area contributed by atoms with Crippen LogP contribution in [0.3, 0.4) is 0 Å². The highest BCUT2D eigenvalue weighted by Crippen LogP contribution is 2.25. The molecule has 0 saturated carbocycles. The first-order chi connectivity index (χ1) is 8.94. The molecule has 0 heterocycles. The number of halogens is 3. The van der Waals surface area contributed by atoms with E-state index in [0.717, 1.165) is 12.0 Å². The van der Waals surface area contributed by atoms with Crippen molar-refractivity contribution in [3.8, 4) is 5.75 Å². The van der Waals surface area contributed by atoms with Gasteiger partial charge in [0.2, 0.25) is 0 Å². The van der Waals surface area contributed by atoms with Crippen LogP contribution in [0.25, 0.3) is 0 Å². The molecular formula is C13H18F3NO2. The first-order valence-corrected chi connectivity index (χ1v) is 6.06. The van der Waals surface area contributed by atoms with E-state index in [0.29, 0.717) is 5.75 Å². The minimum atomic E-state index is -4.30. The SMILES string of the molecule is CC[C@@H](N)c1ccccc1OCCOCC(F)(F)F. The van der Waals surface area contributed by atoms with Crippen LogP contribution in [0.2, 0.25) is 0 Å². The molecule has 0 aliphatic heterocycles. The molecule has 19 heavy (non-hydrogen) atoms. The van der Waals surface area contributed by atoms with Crippen molar-refractivity contribution in [1.82, 2.24) is 0 Å². The standard InChI is InChI=1S/C13H18F3NO2/c1-2-11(17)10-5-3-4-6-12(10)19-8-7-18-9-13(14,15)16/h3-6,11H,2,7-9,17H2,1H3/t11-/m1/s1. The van der Waals surface area contributed by atoms with Crippen LogP contribution in [-0.2, 0) is 4.74 Å². The second-order valence-electron chi connectivity index (χ2n) is 4.07. The zero-order valence-corrected chi connectivity index (χ0v) is 10.7. The predicted molar refractivity (Wildman–Crippen MR) is 66.0 cm³/mol. The van der Waals surface area contributed by atoms with Crippen LogP contribution >= 0.6 is 0 Å². The van der Waals surface area contributed by atoms with Crippen molar-refractivity contribution < 1.29 is 22.6 Å². The Morgan fingerprint density at radius 3 is 2.53 bits per heavy atom. The van der Waals surface area contributed by atoms with Gasteiger partial charge in [0.1, 0.15) is 19.0 Å². The number of ether oxygens (including phenoxy) is 2. The molecule has 0 bridgehead atoms. The number of rotatable bonds is 7. The summed E-state index contributed by atoms with van der Waals surface area (Å²) in [5.41, 5.74) is 6.77. The summed E-state index contributed by atoms with van der Waals surface area (Å²) < 4.78 is 45.4. The van der Waals surface area contributed by atoms with Crippen molar-refractivity contribution in [3.63, 3.8) is 0 Å². The van der Waals surface area contributed by atoms with Gasteiger partial charge in [-0.05, 0) is 12.5 Å². The molecule has 0 radical (unpaired) electrons. The average Bonchev–Trinajstić information content (AvgIpc) is 2.36. The van der Waals surface area contributed by atoms with Crippen molar-refractivity contribution in [2.75, 3.05) is 19.8 Å². The van der Waals surface area contributed by atoms with Gasteiger partial charge in [-0.25, -0.2) is 0 Å². The fraction of sp³-hybridized carbons (Fsp3) is 0.538. The summed E-state index contributed by atoms with van der Waals surface area (Å²) in [6, 6.07) is 7.08. The molecule has 0 saturated heterocycles. The van der Waals surface area contributed by atoms with Crippen molar-refractivity contribution in [2.24, 2.45) is 5.73 Å². The quantitative estimate of drug-likeness (QED) is 0.779. The van der Waals surface area contributed by atoms with Crippen molar-refractivity contribution in [1.29, 1.82) is 0 Å². The molecule has 0 unspecified atom stereocenters. The van der Waals surface area contributed by atoms with E-state index >= 15 is 0 Å². The maximum absolute atomic E-state index is 11.8. The highest BCUT2D eigenvalue weighted by atomic mass is 19.4. The zero-order chi connectivity index (χ0) is 14.3. The van der Waals surface area contributed by atoms with Crippen LogP contribution in [0.5, 0.6) is 5.75 Å². The molecule has 0 aliphatic rings. The maximum atomic E-state index is 11.8. The lowest BCUT2D eigenvalue weighted by molar-refractivity contribution is -0.175. The molecule has 0 fully saturated rings. The van der Waals surface area contributed by atoms with E-state index in [1.807, 2.05) is 19.1 Å². The number of hydrogen-bond donors (Lipinski definition) is 1. The number of nitrogens with two attached hydrogens (primary N) is 1. The minimum Gasteiger partial charge on any atom is -0.491 e. The summed E-state index contributed by atoms with van der Waals surface area (Å²) in [5, 5.41) is 0. The molecule has 108 valence electrons. The van der Waals surface area contributed by atoms with E-state index in [4.69, 9.17) is 10.5 Å². The van der Waals surface area contributed by atoms with Gasteiger partial charge < -0.3 is 15.2 Å². The van der Waals surface area contributed by atoms with Crippen LogP contribution in [-0.4, -0.2) is 26.0 Å². The summed E-state index contributed by atoms with van der Waals surface area (Å²) in [4.78, 5) is 0. The molecule has 1 aromatic rings. The molecule has 3 nitrogen and oxygen atoms in total. The first kappa shape index (κ1) is 15.8. The normalized spacial score (nSPS) is 13.3.